The molecule has 0 spiro atoms. The topological polar surface area (TPSA) is 72.2 Å². The Bertz CT molecular complexity index is 392. The molecule has 4 nitrogen and oxygen atoms in total. The molecule has 0 amide bonds. The van der Waals surface area contributed by atoms with Crippen LogP contribution in [0.4, 0.5) is 0 Å². The normalized spacial score (nSPS) is 10.8. The molecule has 0 unspecified atom stereocenters. The fraction of sp³-hybridized carbons (Fsp3) is 0.250. The van der Waals surface area contributed by atoms with Crippen LogP contribution in [0.3, 0.4) is 0 Å². The average molecular weight is 271 g/mol. The quantitative estimate of drug-likeness (QED) is 0.858. The van der Waals surface area contributed by atoms with Gasteiger partial charge < -0.3 is 5.73 Å². The van der Waals surface area contributed by atoms with Gasteiger partial charge in [-0.1, -0.05) is 11.6 Å². The number of halogens is 2. The Labute approximate surface area is 100 Å². The molecule has 86 valence electrons. The molecule has 0 bridgehead atoms. The molecular weight excluding hydrogens is 259 g/mol. The van der Waals surface area contributed by atoms with Crippen LogP contribution in [0.25, 0.3) is 0 Å². The van der Waals surface area contributed by atoms with E-state index in [-0.39, 0.29) is 30.4 Å². The minimum atomic E-state index is -3.43. The number of hydrogen-bond acceptors (Lipinski definition) is 3. The summed E-state index contributed by atoms with van der Waals surface area (Å²) in [4.78, 5) is 0.190. The predicted octanol–water partition coefficient (Wildman–Crippen LogP) is 0.999. The molecule has 0 aliphatic rings. The molecule has 0 aliphatic heterocycles. The fourth-order valence-corrected chi connectivity index (χ4v) is 2.06. The smallest absolute Gasteiger partial charge is 0.240 e. The standard InChI is InChI=1S/C8H11ClN2O2S.ClH/c9-7-1-3-8(4-2-7)14(12,13)11-6-5-10;/h1-4,11H,5-6,10H2;1H. The minimum Gasteiger partial charge on any atom is -0.329 e. The highest BCUT2D eigenvalue weighted by atomic mass is 35.5. The van der Waals surface area contributed by atoms with Gasteiger partial charge in [-0.25, -0.2) is 13.1 Å². The molecule has 0 heterocycles. The van der Waals surface area contributed by atoms with E-state index in [9.17, 15) is 8.42 Å². The molecule has 1 rings (SSSR count). The van der Waals surface area contributed by atoms with Gasteiger partial charge in [-0.2, -0.15) is 0 Å². The molecule has 0 saturated heterocycles. The van der Waals surface area contributed by atoms with E-state index in [1.54, 1.807) is 0 Å². The highest BCUT2D eigenvalue weighted by Gasteiger charge is 2.11. The average Bonchev–Trinajstić information content (AvgIpc) is 2.16. The Morgan fingerprint density at radius 3 is 2.27 bits per heavy atom. The highest BCUT2D eigenvalue weighted by molar-refractivity contribution is 7.89. The molecule has 3 N–H and O–H groups in total. The summed E-state index contributed by atoms with van der Waals surface area (Å²) in [6, 6.07) is 5.94. The van der Waals surface area contributed by atoms with Gasteiger partial charge in [0.2, 0.25) is 10.0 Å². The number of nitrogens with one attached hydrogen (secondary N) is 1. The highest BCUT2D eigenvalue weighted by Crippen LogP contribution is 2.13. The summed E-state index contributed by atoms with van der Waals surface area (Å²) in [7, 11) is -3.43. The van der Waals surface area contributed by atoms with Crippen molar-refractivity contribution in [3.05, 3.63) is 29.3 Å². The van der Waals surface area contributed by atoms with Crippen LogP contribution in [0.2, 0.25) is 5.02 Å². The van der Waals surface area contributed by atoms with E-state index in [0.717, 1.165) is 0 Å². The van der Waals surface area contributed by atoms with Crippen molar-refractivity contribution in [1.82, 2.24) is 4.72 Å². The van der Waals surface area contributed by atoms with Crippen molar-refractivity contribution >= 4 is 34.0 Å². The maximum Gasteiger partial charge on any atom is 0.240 e. The third kappa shape index (κ3) is 4.36. The first-order chi connectivity index (χ1) is 6.56. The van der Waals surface area contributed by atoms with Crippen LogP contribution in [-0.2, 0) is 10.0 Å². The molecule has 0 saturated carbocycles. The lowest BCUT2D eigenvalue weighted by Crippen LogP contribution is -2.29. The number of benzene rings is 1. The maximum atomic E-state index is 11.5. The maximum absolute atomic E-state index is 11.5. The molecule has 1 aromatic carbocycles. The van der Waals surface area contributed by atoms with E-state index in [1.165, 1.54) is 24.3 Å². The first-order valence-corrected chi connectivity index (χ1v) is 5.87. The summed E-state index contributed by atoms with van der Waals surface area (Å²) in [5.74, 6) is 0. The lowest BCUT2D eigenvalue weighted by molar-refractivity contribution is 0.582. The zero-order chi connectivity index (χ0) is 10.6. The van der Waals surface area contributed by atoms with Gasteiger partial charge in [-0.15, -0.1) is 12.4 Å². The van der Waals surface area contributed by atoms with Crippen molar-refractivity contribution in [2.24, 2.45) is 5.73 Å². The van der Waals surface area contributed by atoms with Crippen LogP contribution >= 0.6 is 24.0 Å². The van der Waals surface area contributed by atoms with Crippen molar-refractivity contribution in [1.29, 1.82) is 0 Å². The van der Waals surface area contributed by atoms with E-state index in [1.807, 2.05) is 0 Å². The van der Waals surface area contributed by atoms with Gasteiger partial charge in [0.25, 0.3) is 0 Å². The monoisotopic (exact) mass is 270 g/mol. The molecule has 7 heteroatoms. The predicted molar refractivity (Wildman–Crippen MR) is 62.9 cm³/mol. The van der Waals surface area contributed by atoms with E-state index >= 15 is 0 Å². The molecular formula is C8H12Cl2N2O2S. The lowest BCUT2D eigenvalue weighted by atomic mass is 10.4. The second kappa shape index (κ2) is 6.30. The molecule has 0 aromatic heterocycles. The second-order valence-electron chi connectivity index (χ2n) is 2.64. The zero-order valence-electron chi connectivity index (χ0n) is 7.81. The Morgan fingerprint density at radius 1 is 1.27 bits per heavy atom. The van der Waals surface area contributed by atoms with E-state index in [4.69, 9.17) is 17.3 Å². The minimum absolute atomic E-state index is 0. The van der Waals surface area contributed by atoms with Crippen molar-refractivity contribution in [3.8, 4) is 0 Å². The third-order valence-electron chi connectivity index (χ3n) is 1.56. The van der Waals surface area contributed by atoms with Gasteiger partial charge in [0.1, 0.15) is 0 Å². The molecule has 1 aromatic rings. The van der Waals surface area contributed by atoms with Gasteiger partial charge in [-0.05, 0) is 24.3 Å². The summed E-state index contributed by atoms with van der Waals surface area (Å²) >= 11 is 5.63. The van der Waals surface area contributed by atoms with Gasteiger partial charge in [-0.3, -0.25) is 0 Å². The molecule has 0 fully saturated rings. The van der Waals surface area contributed by atoms with Crippen LogP contribution in [0, 0.1) is 0 Å². The Hall–Kier alpha value is -0.330. The van der Waals surface area contributed by atoms with Crippen LogP contribution in [0.5, 0.6) is 0 Å². The summed E-state index contributed by atoms with van der Waals surface area (Å²) in [5.41, 5.74) is 5.19. The van der Waals surface area contributed by atoms with E-state index in [2.05, 4.69) is 4.72 Å². The Balaban J connectivity index is 0.00000196. The Morgan fingerprint density at radius 2 is 1.80 bits per heavy atom. The molecule has 0 aliphatic carbocycles. The number of sulfonamides is 1. The first-order valence-electron chi connectivity index (χ1n) is 4.01. The van der Waals surface area contributed by atoms with E-state index in [0.29, 0.717) is 5.02 Å². The number of hydrogen-bond donors (Lipinski definition) is 2. The summed E-state index contributed by atoms with van der Waals surface area (Å²) in [6.45, 7) is 0.498. The third-order valence-corrected chi connectivity index (χ3v) is 3.29. The molecule has 0 atom stereocenters. The van der Waals surface area contributed by atoms with Gasteiger partial charge in [0.05, 0.1) is 4.90 Å². The zero-order valence-corrected chi connectivity index (χ0v) is 10.2. The summed E-state index contributed by atoms with van der Waals surface area (Å²) in [6.07, 6.45) is 0. The van der Waals surface area contributed by atoms with Gasteiger partial charge in [0, 0.05) is 18.1 Å². The summed E-state index contributed by atoms with van der Waals surface area (Å²) < 4.78 is 25.3. The van der Waals surface area contributed by atoms with Crippen LogP contribution in [0.15, 0.2) is 29.2 Å². The fourth-order valence-electron chi connectivity index (χ4n) is 0.890. The van der Waals surface area contributed by atoms with Crippen LogP contribution in [-0.4, -0.2) is 21.5 Å². The molecule has 0 radical (unpaired) electrons. The van der Waals surface area contributed by atoms with Crippen molar-refractivity contribution in [2.75, 3.05) is 13.1 Å². The SMILES string of the molecule is Cl.NCCNS(=O)(=O)c1ccc(Cl)cc1. The van der Waals surface area contributed by atoms with Crippen molar-refractivity contribution in [2.45, 2.75) is 4.90 Å². The summed E-state index contributed by atoms with van der Waals surface area (Å²) in [5, 5.41) is 0.503. The largest absolute Gasteiger partial charge is 0.329 e. The Kier molecular flexibility index (Phi) is 6.16. The van der Waals surface area contributed by atoms with Gasteiger partial charge >= 0.3 is 0 Å². The molecule has 15 heavy (non-hydrogen) atoms. The van der Waals surface area contributed by atoms with Crippen LogP contribution in [0.1, 0.15) is 0 Å². The number of rotatable bonds is 4. The number of nitrogens with two attached hydrogens (primary N) is 1. The van der Waals surface area contributed by atoms with Crippen molar-refractivity contribution < 1.29 is 8.42 Å². The first kappa shape index (κ1) is 14.7. The second-order valence-corrected chi connectivity index (χ2v) is 4.84. The lowest BCUT2D eigenvalue weighted by Gasteiger charge is -2.04. The van der Waals surface area contributed by atoms with Gasteiger partial charge in [0.15, 0.2) is 0 Å². The van der Waals surface area contributed by atoms with Crippen LogP contribution < -0.4 is 10.5 Å². The van der Waals surface area contributed by atoms with Crippen molar-refractivity contribution in [3.63, 3.8) is 0 Å². The van der Waals surface area contributed by atoms with E-state index < -0.39 is 10.0 Å².